The maximum Gasteiger partial charge on any atom is 0.255 e. The Balaban J connectivity index is 1.14. The van der Waals surface area contributed by atoms with Crippen LogP contribution in [0.4, 0.5) is 15.8 Å². The Morgan fingerprint density at radius 3 is 2.00 bits per heavy atom. The number of carbonyl (C=O) groups is 1. The maximum atomic E-state index is 13.1. The molecule has 176 valence electrons. The van der Waals surface area contributed by atoms with Crippen molar-refractivity contribution in [2.24, 2.45) is 0 Å². The molecule has 1 heterocycles. The van der Waals surface area contributed by atoms with Gasteiger partial charge in [0, 0.05) is 49.7 Å². The molecule has 0 aromatic heterocycles. The number of nitrogens with one attached hydrogen (secondary N) is 1. The molecule has 0 atom stereocenters. The van der Waals surface area contributed by atoms with Gasteiger partial charge in [-0.25, -0.2) is 4.39 Å². The lowest BCUT2D eigenvalue weighted by Gasteiger charge is -2.36. The lowest BCUT2D eigenvalue weighted by Crippen LogP contribution is -2.45. The monoisotopic (exact) mass is 465 g/mol. The highest BCUT2D eigenvalue weighted by Crippen LogP contribution is 2.22. The fraction of sp³-hybridized carbons (Fsp3) is 0.167. The van der Waals surface area contributed by atoms with Crippen LogP contribution in [-0.4, -0.2) is 37.0 Å². The Labute approximate surface area is 205 Å². The summed E-state index contributed by atoms with van der Waals surface area (Å²) in [4.78, 5) is 17.5. The lowest BCUT2D eigenvalue weighted by atomic mass is 10.0. The molecule has 0 spiro atoms. The van der Waals surface area contributed by atoms with E-state index in [0.717, 1.165) is 60.8 Å². The minimum absolute atomic E-state index is 0.119. The second-order valence-electron chi connectivity index (χ2n) is 8.83. The zero-order valence-electron chi connectivity index (χ0n) is 19.5. The van der Waals surface area contributed by atoms with Gasteiger partial charge in [-0.3, -0.25) is 9.69 Å². The summed E-state index contributed by atoms with van der Waals surface area (Å²) in [5, 5.41) is 2.99. The van der Waals surface area contributed by atoms with Gasteiger partial charge in [-0.1, -0.05) is 54.6 Å². The summed E-state index contributed by atoms with van der Waals surface area (Å²) in [6.45, 7) is 4.61. The van der Waals surface area contributed by atoms with E-state index >= 15 is 0 Å². The van der Waals surface area contributed by atoms with Crippen molar-refractivity contribution < 1.29 is 9.18 Å². The summed E-state index contributed by atoms with van der Waals surface area (Å²) in [6, 6.07) is 32.6. The second kappa shape index (κ2) is 10.5. The molecule has 1 aliphatic rings. The number of amides is 1. The molecule has 35 heavy (non-hydrogen) atoms. The normalized spacial score (nSPS) is 14.0. The molecule has 4 aromatic carbocycles. The van der Waals surface area contributed by atoms with Crippen molar-refractivity contribution in [3.63, 3.8) is 0 Å². The van der Waals surface area contributed by atoms with Crippen molar-refractivity contribution in [2.75, 3.05) is 36.4 Å². The molecule has 1 amide bonds. The van der Waals surface area contributed by atoms with Crippen molar-refractivity contribution in [3.8, 4) is 11.1 Å². The van der Waals surface area contributed by atoms with Crippen LogP contribution in [0.5, 0.6) is 0 Å². The molecule has 0 saturated carbocycles. The van der Waals surface area contributed by atoms with E-state index in [-0.39, 0.29) is 11.7 Å². The van der Waals surface area contributed by atoms with Crippen molar-refractivity contribution >= 4 is 17.3 Å². The highest BCUT2D eigenvalue weighted by Gasteiger charge is 2.17. The Hall–Kier alpha value is -3.96. The number of halogens is 1. The first-order chi connectivity index (χ1) is 17.1. The third-order valence-electron chi connectivity index (χ3n) is 6.44. The summed E-state index contributed by atoms with van der Waals surface area (Å²) in [5.74, 6) is -0.314. The zero-order chi connectivity index (χ0) is 24.0. The number of rotatable bonds is 6. The van der Waals surface area contributed by atoms with E-state index in [1.54, 1.807) is 0 Å². The SMILES string of the molecule is O=C(Nc1ccc(N2CCN(Cc3ccc(F)cc3)CC2)cc1)c1ccc(-c2ccccc2)cc1. The topological polar surface area (TPSA) is 35.6 Å². The van der Waals surface area contributed by atoms with Crippen LogP contribution < -0.4 is 10.2 Å². The number of benzene rings is 4. The largest absolute Gasteiger partial charge is 0.369 e. The highest BCUT2D eigenvalue weighted by molar-refractivity contribution is 6.04. The summed E-state index contributed by atoms with van der Waals surface area (Å²) < 4.78 is 13.1. The highest BCUT2D eigenvalue weighted by atomic mass is 19.1. The van der Waals surface area contributed by atoms with Gasteiger partial charge in [0.25, 0.3) is 5.91 Å². The zero-order valence-corrected chi connectivity index (χ0v) is 19.5. The quantitative estimate of drug-likeness (QED) is 0.376. The number of nitrogens with zero attached hydrogens (tertiary/aromatic N) is 2. The number of piperazine rings is 1. The van der Waals surface area contributed by atoms with Crippen LogP contribution in [0.3, 0.4) is 0 Å². The predicted molar refractivity (Wildman–Crippen MR) is 140 cm³/mol. The molecule has 1 N–H and O–H groups in total. The Kier molecular flexibility index (Phi) is 6.87. The third-order valence-corrected chi connectivity index (χ3v) is 6.44. The molecule has 0 radical (unpaired) electrons. The van der Waals surface area contributed by atoms with Gasteiger partial charge >= 0.3 is 0 Å². The van der Waals surface area contributed by atoms with Crippen LogP contribution in [0.25, 0.3) is 11.1 Å². The van der Waals surface area contributed by atoms with Crippen LogP contribution in [0.1, 0.15) is 15.9 Å². The van der Waals surface area contributed by atoms with E-state index in [1.807, 2.05) is 66.7 Å². The van der Waals surface area contributed by atoms with Gasteiger partial charge in [0.1, 0.15) is 5.82 Å². The fourth-order valence-corrected chi connectivity index (χ4v) is 4.42. The summed E-state index contributed by atoms with van der Waals surface area (Å²) in [6.07, 6.45) is 0. The predicted octanol–water partition coefficient (Wildman–Crippen LogP) is 6.07. The first kappa shape index (κ1) is 22.8. The van der Waals surface area contributed by atoms with Crippen LogP contribution in [0.15, 0.2) is 103 Å². The van der Waals surface area contributed by atoms with Gasteiger partial charge in [0.05, 0.1) is 0 Å². The molecule has 0 aliphatic carbocycles. The summed E-state index contributed by atoms with van der Waals surface area (Å²) in [7, 11) is 0. The summed E-state index contributed by atoms with van der Waals surface area (Å²) >= 11 is 0. The van der Waals surface area contributed by atoms with Crippen molar-refractivity contribution in [1.29, 1.82) is 0 Å². The molecule has 0 unspecified atom stereocenters. The van der Waals surface area contributed by atoms with Crippen molar-refractivity contribution in [1.82, 2.24) is 4.90 Å². The van der Waals surface area contributed by atoms with Crippen LogP contribution >= 0.6 is 0 Å². The Morgan fingerprint density at radius 2 is 1.34 bits per heavy atom. The molecule has 1 fully saturated rings. The smallest absolute Gasteiger partial charge is 0.255 e. The van der Waals surface area contributed by atoms with E-state index in [1.165, 1.54) is 12.1 Å². The van der Waals surface area contributed by atoms with Crippen LogP contribution in [0, 0.1) is 5.82 Å². The van der Waals surface area contributed by atoms with Crippen LogP contribution in [0.2, 0.25) is 0 Å². The molecule has 1 saturated heterocycles. The van der Waals surface area contributed by atoms with Gasteiger partial charge < -0.3 is 10.2 Å². The maximum absolute atomic E-state index is 13.1. The van der Waals surface area contributed by atoms with E-state index < -0.39 is 0 Å². The molecule has 5 heteroatoms. The first-order valence-corrected chi connectivity index (χ1v) is 11.9. The number of hydrogen-bond acceptors (Lipinski definition) is 3. The number of anilines is 2. The van der Waals surface area contributed by atoms with E-state index in [0.29, 0.717) is 5.56 Å². The minimum Gasteiger partial charge on any atom is -0.369 e. The van der Waals surface area contributed by atoms with Gasteiger partial charge in [0.15, 0.2) is 0 Å². The number of hydrogen-bond donors (Lipinski definition) is 1. The van der Waals surface area contributed by atoms with E-state index in [4.69, 9.17) is 0 Å². The van der Waals surface area contributed by atoms with Gasteiger partial charge in [-0.05, 0) is 65.2 Å². The van der Waals surface area contributed by atoms with Crippen LogP contribution in [-0.2, 0) is 6.54 Å². The van der Waals surface area contributed by atoms with Gasteiger partial charge in [-0.2, -0.15) is 0 Å². The van der Waals surface area contributed by atoms with Crippen molar-refractivity contribution in [2.45, 2.75) is 6.54 Å². The third kappa shape index (κ3) is 5.76. The average Bonchev–Trinajstić information content (AvgIpc) is 2.91. The van der Waals surface area contributed by atoms with Gasteiger partial charge in [0.2, 0.25) is 0 Å². The summed E-state index contributed by atoms with van der Waals surface area (Å²) in [5.41, 5.74) is 5.91. The van der Waals surface area contributed by atoms with E-state index in [9.17, 15) is 9.18 Å². The minimum atomic E-state index is -0.195. The van der Waals surface area contributed by atoms with E-state index in [2.05, 4.69) is 39.4 Å². The molecular weight excluding hydrogens is 437 g/mol. The standard InChI is InChI=1S/C30H28FN3O/c31-27-12-6-23(7-13-27)22-33-18-20-34(21-19-33)29-16-14-28(15-17-29)32-30(35)26-10-8-25(9-11-26)24-4-2-1-3-5-24/h1-17H,18-22H2,(H,32,35). The molecule has 0 bridgehead atoms. The fourth-order valence-electron chi connectivity index (χ4n) is 4.42. The molecule has 1 aliphatic heterocycles. The molecular formula is C30H28FN3O. The first-order valence-electron chi connectivity index (χ1n) is 11.9. The number of carbonyl (C=O) groups excluding carboxylic acids is 1. The molecule has 4 aromatic rings. The van der Waals surface area contributed by atoms with Crippen molar-refractivity contribution in [3.05, 3.63) is 120 Å². The molecule has 5 rings (SSSR count). The molecule has 4 nitrogen and oxygen atoms in total. The Morgan fingerprint density at radius 1 is 0.714 bits per heavy atom. The average molecular weight is 466 g/mol. The van der Waals surface area contributed by atoms with Gasteiger partial charge in [-0.15, -0.1) is 0 Å². The lowest BCUT2D eigenvalue weighted by molar-refractivity contribution is 0.102. The second-order valence-corrected chi connectivity index (χ2v) is 8.83. The Bertz CT molecular complexity index is 1250.